The number of aliphatic hydroxyl groups excluding tert-OH is 1. The first-order chi connectivity index (χ1) is 7.66. The van der Waals surface area contributed by atoms with Crippen molar-refractivity contribution in [1.29, 1.82) is 0 Å². The van der Waals surface area contributed by atoms with E-state index in [0.717, 1.165) is 0 Å². The van der Waals surface area contributed by atoms with E-state index in [4.69, 9.17) is 0 Å². The molecule has 2 N–H and O–H groups in total. The van der Waals surface area contributed by atoms with Gasteiger partial charge in [0.05, 0.1) is 12.0 Å². The lowest BCUT2D eigenvalue weighted by molar-refractivity contribution is -0.131. The monoisotopic (exact) mass is 223 g/mol. The van der Waals surface area contributed by atoms with Gasteiger partial charge in [0.2, 0.25) is 5.91 Å². The topological polar surface area (TPSA) is 49.3 Å². The molecule has 0 radical (unpaired) electrons. The van der Waals surface area contributed by atoms with Crippen LogP contribution >= 0.6 is 0 Å². The molecule has 0 aromatic heterocycles. The molecular formula is C12H14FNO2. The van der Waals surface area contributed by atoms with E-state index in [1.54, 1.807) is 12.1 Å². The summed E-state index contributed by atoms with van der Waals surface area (Å²) in [6.07, 6.45) is 0.586. The third-order valence-corrected chi connectivity index (χ3v) is 2.94. The quantitative estimate of drug-likeness (QED) is 0.758. The number of carbonyl (C=O) groups is 1. The van der Waals surface area contributed by atoms with Crippen LogP contribution in [0, 0.1) is 11.7 Å². The highest BCUT2D eigenvalue weighted by molar-refractivity contribution is 5.84. The summed E-state index contributed by atoms with van der Waals surface area (Å²) in [4.78, 5) is 11.0. The minimum absolute atomic E-state index is 0.0371. The zero-order valence-corrected chi connectivity index (χ0v) is 8.82. The van der Waals surface area contributed by atoms with Crippen molar-refractivity contribution in [2.45, 2.75) is 18.9 Å². The van der Waals surface area contributed by atoms with E-state index < -0.39 is 6.10 Å². The molecule has 1 aromatic rings. The normalized spacial score (nSPS) is 21.1. The van der Waals surface area contributed by atoms with Crippen molar-refractivity contribution in [2.24, 2.45) is 5.92 Å². The van der Waals surface area contributed by atoms with Crippen molar-refractivity contribution in [3.8, 4) is 0 Å². The maximum absolute atomic E-state index is 12.6. The number of β-lactam (4-membered cyclic amide) rings is 1. The fraction of sp³-hybridized carbons (Fsp3) is 0.417. The zero-order chi connectivity index (χ0) is 11.5. The van der Waals surface area contributed by atoms with Gasteiger partial charge in [-0.1, -0.05) is 12.1 Å². The molecule has 1 saturated heterocycles. The minimum atomic E-state index is -0.617. The maximum Gasteiger partial charge on any atom is 0.224 e. The number of nitrogens with one attached hydrogen (secondary N) is 1. The van der Waals surface area contributed by atoms with Crippen LogP contribution in [0.1, 0.15) is 24.5 Å². The highest BCUT2D eigenvalue weighted by Gasteiger charge is 2.27. The molecule has 3 nitrogen and oxygen atoms in total. The van der Waals surface area contributed by atoms with E-state index in [1.807, 2.05) is 0 Å². The van der Waals surface area contributed by atoms with Gasteiger partial charge < -0.3 is 10.4 Å². The van der Waals surface area contributed by atoms with Gasteiger partial charge in [-0.25, -0.2) is 4.39 Å². The molecule has 2 rings (SSSR count). The van der Waals surface area contributed by atoms with Crippen molar-refractivity contribution in [3.05, 3.63) is 35.6 Å². The second-order valence-corrected chi connectivity index (χ2v) is 4.09. The molecule has 1 aromatic carbocycles. The third-order valence-electron chi connectivity index (χ3n) is 2.94. The molecule has 1 aliphatic rings. The Kier molecular flexibility index (Phi) is 3.19. The van der Waals surface area contributed by atoms with Crippen LogP contribution in [0.3, 0.4) is 0 Å². The van der Waals surface area contributed by atoms with E-state index in [-0.39, 0.29) is 17.6 Å². The molecule has 86 valence electrons. The van der Waals surface area contributed by atoms with Crippen molar-refractivity contribution < 1.29 is 14.3 Å². The highest BCUT2D eigenvalue weighted by Crippen LogP contribution is 2.23. The SMILES string of the molecule is O=C1NCC1CC[C@@H](O)c1ccc(F)cc1. The smallest absolute Gasteiger partial charge is 0.224 e. The molecule has 0 aliphatic carbocycles. The number of hydrogen-bond acceptors (Lipinski definition) is 2. The van der Waals surface area contributed by atoms with Crippen molar-refractivity contribution >= 4 is 5.91 Å². The number of halogens is 1. The fourth-order valence-corrected chi connectivity index (χ4v) is 1.77. The van der Waals surface area contributed by atoms with E-state index in [2.05, 4.69) is 5.32 Å². The van der Waals surface area contributed by atoms with Gasteiger partial charge in [-0.15, -0.1) is 0 Å². The molecule has 0 bridgehead atoms. The number of rotatable bonds is 4. The minimum Gasteiger partial charge on any atom is -0.388 e. The van der Waals surface area contributed by atoms with Gasteiger partial charge in [0.15, 0.2) is 0 Å². The standard InChI is InChI=1S/C12H14FNO2/c13-10-4-1-8(2-5-10)11(15)6-3-9-7-14-12(9)16/h1-2,4-5,9,11,15H,3,6-7H2,(H,14,16)/t9?,11-/m1/s1. The Hall–Kier alpha value is -1.42. The van der Waals surface area contributed by atoms with E-state index in [1.165, 1.54) is 12.1 Å². The van der Waals surface area contributed by atoms with Gasteiger partial charge in [-0.05, 0) is 30.5 Å². The lowest BCUT2D eigenvalue weighted by Gasteiger charge is -2.26. The van der Waals surface area contributed by atoms with Crippen LogP contribution < -0.4 is 5.32 Å². The van der Waals surface area contributed by atoms with Crippen LogP contribution in [0.25, 0.3) is 0 Å². The number of benzene rings is 1. The Bertz CT molecular complexity index is 377. The Morgan fingerprint density at radius 1 is 1.44 bits per heavy atom. The molecular weight excluding hydrogens is 209 g/mol. The molecule has 1 heterocycles. The summed E-state index contributed by atoms with van der Waals surface area (Å²) in [7, 11) is 0. The van der Waals surface area contributed by atoms with Crippen molar-refractivity contribution in [3.63, 3.8) is 0 Å². The lowest BCUT2D eigenvalue weighted by Crippen LogP contribution is -2.48. The average molecular weight is 223 g/mol. The van der Waals surface area contributed by atoms with Crippen LogP contribution in [0.15, 0.2) is 24.3 Å². The predicted molar refractivity (Wildman–Crippen MR) is 57.1 cm³/mol. The van der Waals surface area contributed by atoms with Crippen molar-refractivity contribution in [2.75, 3.05) is 6.54 Å². The van der Waals surface area contributed by atoms with Crippen molar-refractivity contribution in [1.82, 2.24) is 5.32 Å². The molecule has 0 spiro atoms. The van der Waals surface area contributed by atoms with Crippen LogP contribution in [-0.2, 0) is 4.79 Å². The van der Waals surface area contributed by atoms with Gasteiger partial charge in [0.25, 0.3) is 0 Å². The summed E-state index contributed by atoms with van der Waals surface area (Å²) in [5.74, 6) is -0.212. The molecule has 2 atom stereocenters. The van der Waals surface area contributed by atoms with E-state index >= 15 is 0 Å². The summed E-state index contributed by atoms with van der Waals surface area (Å²) < 4.78 is 12.6. The van der Waals surface area contributed by atoms with Crippen LogP contribution in [0.4, 0.5) is 4.39 Å². The molecule has 1 aliphatic heterocycles. The molecule has 1 unspecified atom stereocenters. The van der Waals surface area contributed by atoms with E-state index in [9.17, 15) is 14.3 Å². The van der Waals surface area contributed by atoms with Gasteiger partial charge in [0.1, 0.15) is 5.82 Å². The Morgan fingerprint density at radius 3 is 2.62 bits per heavy atom. The Labute approximate surface area is 93.3 Å². The summed E-state index contributed by atoms with van der Waals surface area (Å²) in [5, 5.41) is 12.5. The molecule has 16 heavy (non-hydrogen) atoms. The summed E-state index contributed by atoms with van der Waals surface area (Å²) >= 11 is 0. The van der Waals surface area contributed by atoms with Crippen LogP contribution in [0.5, 0.6) is 0 Å². The Balaban J connectivity index is 1.85. The van der Waals surface area contributed by atoms with E-state index in [0.29, 0.717) is 24.9 Å². The molecule has 1 amide bonds. The van der Waals surface area contributed by atoms with Crippen LogP contribution in [0.2, 0.25) is 0 Å². The number of hydrogen-bond donors (Lipinski definition) is 2. The molecule has 0 saturated carbocycles. The number of aliphatic hydroxyl groups is 1. The lowest BCUT2D eigenvalue weighted by atomic mass is 9.93. The summed E-state index contributed by atoms with van der Waals surface area (Å²) in [5.41, 5.74) is 0.695. The van der Waals surface area contributed by atoms with Crippen LogP contribution in [-0.4, -0.2) is 17.6 Å². The highest BCUT2D eigenvalue weighted by atomic mass is 19.1. The third kappa shape index (κ3) is 2.39. The first kappa shape index (κ1) is 11.1. The number of carbonyl (C=O) groups excluding carboxylic acids is 1. The second kappa shape index (κ2) is 4.61. The second-order valence-electron chi connectivity index (χ2n) is 4.09. The Morgan fingerprint density at radius 2 is 2.12 bits per heavy atom. The average Bonchev–Trinajstić information content (AvgIpc) is 2.28. The summed E-state index contributed by atoms with van der Waals surface area (Å²) in [6, 6.07) is 5.80. The van der Waals surface area contributed by atoms with Gasteiger partial charge in [-0.2, -0.15) is 0 Å². The first-order valence-corrected chi connectivity index (χ1v) is 5.38. The number of amides is 1. The molecule has 4 heteroatoms. The zero-order valence-electron chi connectivity index (χ0n) is 8.82. The fourth-order valence-electron chi connectivity index (χ4n) is 1.77. The first-order valence-electron chi connectivity index (χ1n) is 5.38. The summed E-state index contributed by atoms with van der Waals surface area (Å²) in [6.45, 7) is 0.703. The predicted octanol–water partition coefficient (Wildman–Crippen LogP) is 1.39. The maximum atomic E-state index is 12.6. The van der Waals surface area contributed by atoms with Gasteiger partial charge in [0, 0.05) is 6.54 Å². The molecule has 1 fully saturated rings. The van der Waals surface area contributed by atoms with Gasteiger partial charge >= 0.3 is 0 Å². The van der Waals surface area contributed by atoms with Gasteiger partial charge in [-0.3, -0.25) is 4.79 Å². The largest absolute Gasteiger partial charge is 0.388 e.